The first-order valence-electron chi connectivity index (χ1n) is 8.10. The van der Waals surface area contributed by atoms with Gasteiger partial charge in [-0.2, -0.15) is 0 Å². The average Bonchev–Trinajstić information content (AvgIpc) is 3.07. The molecule has 1 unspecified atom stereocenters. The Morgan fingerprint density at radius 3 is 2.84 bits per heavy atom. The minimum absolute atomic E-state index is 0.182. The zero-order valence-electron chi connectivity index (χ0n) is 14.0. The van der Waals surface area contributed by atoms with Crippen LogP contribution in [0.2, 0.25) is 0 Å². The SMILES string of the molecule is COC(=O)C1CCn2c(CNC(=O)OCc3ccccc3)nnc2C1. The largest absolute Gasteiger partial charge is 0.469 e. The fourth-order valence-corrected chi connectivity index (χ4v) is 2.81. The molecule has 1 aromatic carbocycles. The number of nitrogens with zero attached hydrogens (tertiary/aromatic N) is 3. The van der Waals surface area contributed by atoms with Crippen LogP contribution in [-0.4, -0.2) is 33.9 Å². The van der Waals surface area contributed by atoms with Gasteiger partial charge in [-0.15, -0.1) is 10.2 Å². The topological polar surface area (TPSA) is 95.3 Å². The summed E-state index contributed by atoms with van der Waals surface area (Å²) >= 11 is 0. The van der Waals surface area contributed by atoms with E-state index in [9.17, 15) is 9.59 Å². The molecule has 2 aromatic rings. The fraction of sp³-hybridized carbons (Fsp3) is 0.412. The average molecular weight is 344 g/mol. The van der Waals surface area contributed by atoms with E-state index >= 15 is 0 Å². The van der Waals surface area contributed by atoms with Gasteiger partial charge in [-0.1, -0.05) is 30.3 Å². The van der Waals surface area contributed by atoms with E-state index < -0.39 is 6.09 Å². The molecule has 1 aliphatic heterocycles. The highest BCUT2D eigenvalue weighted by Gasteiger charge is 2.28. The molecule has 1 aromatic heterocycles. The Morgan fingerprint density at radius 2 is 2.08 bits per heavy atom. The molecule has 0 fully saturated rings. The van der Waals surface area contributed by atoms with Crippen molar-refractivity contribution in [2.75, 3.05) is 7.11 Å². The number of fused-ring (bicyclic) bond motifs is 1. The zero-order valence-corrected chi connectivity index (χ0v) is 14.0. The summed E-state index contributed by atoms with van der Waals surface area (Å²) in [6, 6.07) is 9.46. The Bertz CT molecular complexity index is 744. The smallest absolute Gasteiger partial charge is 0.407 e. The molecule has 8 nitrogen and oxygen atoms in total. The molecule has 0 radical (unpaired) electrons. The van der Waals surface area contributed by atoms with Crippen molar-refractivity contribution < 1.29 is 19.1 Å². The number of carbonyl (C=O) groups excluding carboxylic acids is 2. The van der Waals surface area contributed by atoms with Gasteiger partial charge in [-0.05, 0) is 12.0 Å². The van der Waals surface area contributed by atoms with Crippen LogP contribution in [0.3, 0.4) is 0 Å². The summed E-state index contributed by atoms with van der Waals surface area (Å²) in [6.45, 7) is 1.06. The second kappa shape index (κ2) is 7.78. The highest BCUT2D eigenvalue weighted by molar-refractivity contribution is 5.72. The first-order chi connectivity index (χ1) is 12.2. The minimum atomic E-state index is -0.510. The van der Waals surface area contributed by atoms with E-state index in [0.29, 0.717) is 25.2 Å². The lowest BCUT2D eigenvalue weighted by Crippen LogP contribution is -2.29. The predicted octanol–water partition coefficient (Wildman–Crippen LogP) is 1.44. The molecule has 1 atom stereocenters. The van der Waals surface area contributed by atoms with Crippen molar-refractivity contribution in [1.29, 1.82) is 0 Å². The van der Waals surface area contributed by atoms with E-state index in [0.717, 1.165) is 11.4 Å². The van der Waals surface area contributed by atoms with Crippen LogP contribution >= 0.6 is 0 Å². The molecule has 0 bridgehead atoms. The van der Waals surface area contributed by atoms with Crippen LogP contribution in [0, 0.1) is 5.92 Å². The van der Waals surface area contributed by atoms with Crippen LogP contribution in [0.25, 0.3) is 0 Å². The van der Waals surface area contributed by atoms with Gasteiger partial charge in [0.15, 0.2) is 5.82 Å². The highest BCUT2D eigenvalue weighted by atomic mass is 16.5. The van der Waals surface area contributed by atoms with Gasteiger partial charge in [0.05, 0.1) is 19.6 Å². The monoisotopic (exact) mass is 344 g/mol. The Morgan fingerprint density at radius 1 is 1.28 bits per heavy atom. The summed E-state index contributed by atoms with van der Waals surface area (Å²) in [5, 5.41) is 10.9. The molecule has 3 rings (SSSR count). The number of nitrogens with one attached hydrogen (secondary N) is 1. The molecule has 8 heteroatoms. The van der Waals surface area contributed by atoms with Crippen molar-refractivity contribution >= 4 is 12.1 Å². The molecular weight excluding hydrogens is 324 g/mol. The summed E-state index contributed by atoms with van der Waals surface area (Å²) in [4.78, 5) is 23.4. The van der Waals surface area contributed by atoms with E-state index in [1.165, 1.54) is 7.11 Å². The van der Waals surface area contributed by atoms with E-state index in [-0.39, 0.29) is 25.0 Å². The van der Waals surface area contributed by atoms with Gasteiger partial charge < -0.3 is 19.4 Å². The van der Waals surface area contributed by atoms with Crippen LogP contribution < -0.4 is 5.32 Å². The van der Waals surface area contributed by atoms with Crippen LogP contribution in [0.5, 0.6) is 0 Å². The van der Waals surface area contributed by atoms with Gasteiger partial charge in [-0.25, -0.2) is 4.79 Å². The molecule has 1 N–H and O–H groups in total. The normalized spacial score (nSPS) is 16.0. The summed E-state index contributed by atoms with van der Waals surface area (Å²) in [5.74, 6) is 0.975. The zero-order chi connectivity index (χ0) is 17.6. The third kappa shape index (κ3) is 4.14. The third-order valence-corrected chi connectivity index (χ3v) is 4.17. The number of amides is 1. The van der Waals surface area contributed by atoms with Gasteiger partial charge in [-0.3, -0.25) is 4.79 Å². The molecule has 0 spiro atoms. The maximum absolute atomic E-state index is 11.8. The maximum atomic E-state index is 11.8. The van der Waals surface area contributed by atoms with E-state index in [1.54, 1.807) is 0 Å². The Balaban J connectivity index is 1.50. The molecule has 0 aliphatic carbocycles. The number of ether oxygens (including phenoxy) is 2. The number of rotatable bonds is 5. The molecular formula is C17H20N4O4. The lowest BCUT2D eigenvalue weighted by atomic mass is 9.98. The first kappa shape index (κ1) is 16.9. The lowest BCUT2D eigenvalue weighted by Gasteiger charge is -2.21. The molecule has 1 amide bonds. The molecule has 0 saturated heterocycles. The standard InChI is InChI=1S/C17H20N4O4/c1-24-16(22)13-7-8-21-14(9-13)19-20-15(21)10-18-17(23)25-11-12-5-3-2-4-6-12/h2-6,13H,7-11H2,1H3,(H,18,23). The van der Waals surface area contributed by atoms with E-state index in [4.69, 9.17) is 9.47 Å². The summed E-state index contributed by atoms with van der Waals surface area (Å²) < 4.78 is 11.9. The number of carbonyl (C=O) groups is 2. The van der Waals surface area contributed by atoms with Crippen molar-refractivity contribution in [3.63, 3.8) is 0 Å². The van der Waals surface area contributed by atoms with Gasteiger partial charge in [0.1, 0.15) is 12.4 Å². The van der Waals surface area contributed by atoms with Crippen molar-refractivity contribution in [2.45, 2.75) is 32.5 Å². The van der Waals surface area contributed by atoms with Gasteiger partial charge in [0.25, 0.3) is 0 Å². The van der Waals surface area contributed by atoms with E-state index in [2.05, 4.69) is 15.5 Å². The van der Waals surface area contributed by atoms with Crippen LogP contribution in [0.1, 0.15) is 23.6 Å². The molecule has 2 heterocycles. The van der Waals surface area contributed by atoms with Gasteiger partial charge in [0.2, 0.25) is 0 Å². The number of methoxy groups -OCH3 is 1. The fourth-order valence-electron chi connectivity index (χ4n) is 2.81. The Hall–Kier alpha value is -2.90. The van der Waals surface area contributed by atoms with Gasteiger partial charge in [0, 0.05) is 13.0 Å². The predicted molar refractivity (Wildman–Crippen MR) is 87.3 cm³/mol. The second-order valence-electron chi connectivity index (χ2n) is 5.81. The maximum Gasteiger partial charge on any atom is 0.407 e. The van der Waals surface area contributed by atoms with E-state index in [1.807, 2.05) is 34.9 Å². The highest BCUT2D eigenvalue weighted by Crippen LogP contribution is 2.21. The third-order valence-electron chi connectivity index (χ3n) is 4.17. The number of hydrogen-bond acceptors (Lipinski definition) is 6. The van der Waals surface area contributed by atoms with Crippen molar-refractivity contribution in [1.82, 2.24) is 20.1 Å². The number of esters is 1. The first-order valence-corrected chi connectivity index (χ1v) is 8.10. The number of aromatic nitrogens is 3. The van der Waals surface area contributed by atoms with Crippen LogP contribution in [-0.2, 0) is 40.4 Å². The number of benzene rings is 1. The summed E-state index contributed by atoms with van der Waals surface area (Å²) in [5.41, 5.74) is 0.923. The number of hydrogen-bond donors (Lipinski definition) is 1. The quantitative estimate of drug-likeness (QED) is 0.825. The lowest BCUT2D eigenvalue weighted by molar-refractivity contribution is -0.146. The number of alkyl carbamates (subject to hydrolysis) is 1. The van der Waals surface area contributed by atoms with Crippen molar-refractivity contribution in [3.05, 3.63) is 47.5 Å². The Labute approximate surface area is 145 Å². The van der Waals surface area contributed by atoms with Gasteiger partial charge >= 0.3 is 12.1 Å². The molecule has 1 aliphatic rings. The Kier molecular flexibility index (Phi) is 5.27. The minimum Gasteiger partial charge on any atom is -0.469 e. The molecule has 25 heavy (non-hydrogen) atoms. The van der Waals surface area contributed by atoms with Crippen molar-refractivity contribution in [3.8, 4) is 0 Å². The van der Waals surface area contributed by atoms with Crippen LogP contribution in [0.4, 0.5) is 4.79 Å². The second-order valence-corrected chi connectivity index (χ2v) is 5.81. The summed E-state index contributed by atoms with van der Waals surface area (Å²) in [7, 11) is 1.39. The summed E-state index contributed by atoms with van der Waals surface area (Å²) in [6.07, 6.45) is 0.658. The molecule has 0 saturated carbocycles. The van der Waals surface area contributed by atoms with Crippen molar-refractivity contribution in [2.24, 2.45) is 5.92 Å². The molecule has 132 valence electrons. The van der Waals surface area contributed by atoms with Crippen LogP contribution in [0.15, 0.2) is 30.3 Å².